The Morgan fingerprint density at radius 1 is 1.20 bits per heavy atom. The first-order valence-corrected chi connectivity index (χ1v) is 6.13. The third-order valence-corrected chi connectivity index (χ3v) is 2.47. The second kappa shape index (κ2) is 7.96. The lowest BCUT2D eigenvalue weighted by Crippen LogP contribution is -2.33. The highest BCUT2D eigenvalue weighted by Gasteiger charge is 2.26. The molecule has 0 fully saturated rings. The molecule has 114 valence electrons. The number of halogens is 3. The first-order chi connectivity index (χ1) is 9.40. The van der Waals surface area contributed by atoms with Crippen LogP contribution < -0.4 is 14.8 Å². The van der Waals surface area contributed by atoms with Crippen LogP contribution in [0.25, 0.3) is 0 Å². The van der Waals surface area contributed by atoms with E-state index in [4.69, 9.17) is 9.47 Å². The Morgan fingerprint density at radius 2 is 1.80 bits per heavy atom. The average molecular weight is 293 g/mol. The van der Waals surface area contributed by atoms with Crippen LogP contribution in [0.4, 0.5) is 13.2 Å². The predicted octanol–water partition coefficient (Wildman–Crippen LogP) is 1.98. The zero-order chi connectivity index (χ0) is 15.0. The number of methoxy groups -OCH3 is 1. The van der Waals surface area contributed by atoms with Crippen LogP contribution in [0.1, 0.15) is 6.42 Å². The molecular formula is C13H18F3NO3. The van der Waals surface area contributed by atoms with Crippen LogP contribution in [-0.4, -0.2) is 44.2 Å². The van der Waals surface area contributed by atoms with Gasteiger partial charge in [0.25, 0.3) is 0 Å². The van der Waals surface area contributed by atoms with Crippen molar-refractivity contribution in [2.24, 2.45) is 0 Å². The lowest BCUT2D eigenvalue weighted by molar-refractivity contribution is -0.133. The highest BCUT2D eigenvalue weighted by molar-refractivity contribution is 5.31. The third-order valence-electron chi connectivity index (χ3n) is 2.47. The Labute approximate surface area is 115 Å². The number of ether oxygens (including phenoxy) is 2. The minimum atomic E-state index is -4.18. The zero-order valence-corrected chi connectivity index (χ0v) is 11.1. The number of rotatable bonds is 8. The van der Waals surface area contributed by atoms with Gasteiger partial charge in [-0.1, -0.05) is 0 Å². The normalized spacial score (nSPS) is 13.1. The molecule has 0 aliphatic carbocycles. The molecule has 0 saturated heterocycles. The van der Waals surface area contributed by atoms with E-state index in [1.54, 1.807) is 31.4 Å². The van der Waals surface area contributed by atoms with E-state index in [0.717, 1.165) is 0 Å². The van der Waals surface area contributed by atoms with Crippen LogP contribution in [0.3, 0.4) is 0 Å². The van der Waals surface area contributed by atoms with Gasteiger partial charge in [-0.15, -0.1) is 0 Å². The van der Waals surface area contributed by atoms with Crippen molar-refractivity contribution in [3.8, 4) is 11.5 Å². The van der Waals surface area contributed by atoms with Gasteiger partial charge in [0.15, 0.2) is 0 Å². The van der Waals surface area contributed by atoms with Gasteiger partial charge in [-0.25, -0.2) is 0 Å². The molecule has 1 unspecified atom stereocenters. The van der Waals surface area contributed by atoms with Crippen molar-refractivity contribution in [3.05, 3.63) is 24.3 Å². The van der Waals surface area contributed by atoms with E-state index in [1.807, 2.05) is 0 Å². The summed E-state index contributed by atoms with van der Waals surface area (Å²) in [6, 6.07) is 6.79. The molecule has 7 heteroatoms. The summed E-state index contributed by atoms with van der Waals surface area (Å²) in [7, 11) is 1.55. The van der Waals surface area contributed by atoms with Crippen LogP contribution in [0.15, 0.2) is 24.3 Å². The van der Waals surface area contributed by atoms with Gasteiger partial charge in [-0.2, -0.15) is 13.2 Å². The Balaban J connectivity index is 2.17. The Hall–Kier alpha value is -1.47. The number of aliphatic hydroxyl groups is 1. The highest BCUT2D eigenvalue weighted by atomic mass is 19.4. The van der Waals surface area contributed by atoms with Crippen molar-refractivity contribution in [2.75, 3.05) is 26.8 Å². The summed E-state index contributed by atoms with van der Waals surface area (Å²) in [5.74, 6) is 1.24. The number of nitrogens with one attached hydrogen (secondary N) is 1. The molecule has 0 radical (unpaired) electrons. The maximum absolute atomic E-state index is 11.9. The maximum Gasteiger partial charge on any atom is 0.390 e. The molecule has 0 aromatic heterocycles. The van der Waals surface area contributed by atoms with Crippen molar-refractivity contribution in [1.82, 2.24) is 5.32 Å². The van der Waals surface area contributed by atoms with E-state index < -0.39 is 18.7 Å². The Bertz CT molecular complexity index is 381. The Kier molecular flexibility index (Phi) is 6.60. The van der Waals surface area contributed by atoms with Crippen LogP contribution in [0.5, 0.6) is 11.5 Å². The van der Waals surface area contributed by atoms with Crippen molar-refractivity contribution < 1.29 is 27.8 Å². The summed E-state index contributed by atoms with van der Waals surface area (Å²) in [4.78, 5) is 0. The van der Waals surface area contributed by atoms with Crippen LogP contribution in [-0.2, 0) is 0 Å². The van der Waals surface area contributed by atoms with Crippen molar-refractivity contribution >= 4 is 0 Å². The molecule has 4 nitrogen and oxygen atoms in total. The fourth-order valence-corrected chi connectivity index (χ4v) is 1.42. The summed E-state index contributed by atoms with van der Waals surface area (Å²) in [5.41, 5.74) is 0. The first kappa shape index (κ1) is 16.6. The highest BCUT2D eigenvalue weighted by Crippen LogP contribution is 2.18. The summed E-state index contributed by atoms with van der Waals surface area (Å²) < 4.78 is 45.9. The fourth-order valence-electron chi connectivity index (χ4n) is 1.42. The zero-order valence-electron chi connectivity index (χ0n) is 11.1. The van der Waals surface area contributed by atoms with Gasteiger partial charge in [0, 0.05) is 13.1 Å². The first-order valence-electron chi connectivity index (χ1n) is 6.13. The summed E-state index contributed by atoms with van der Waals surface area (Å²) >= 11 is 0. The number of aliphatic hydroxyl groups excluding tert-OH is 1. The second-order valence-corrected chi connectivity index (χ2v) is 4.21. The fraction of sp³-hybridized carbons (Fsp3) is 0.538. The molecule has 1 atom stereocenters. The van der Waals surface area contributed by atoms with E-state index in [0.29, 0.717) is 11.5 Å². The van der Waals surface area contributed by atoms with E-state index >= 15 is 0 Å². The molecule has 1 aromatic carbocycles. The molecule has 0 spiro atoms. The smallest absolute Gasteiger partial charge is 0.390 e. The van der Waals surface area contributed by atoms with Gasteiger partial charge >= 0.3 is 6.18 Å². The topological polar surface area (TPSA) is 50.7 Å². The molecule has 0 amide bonds. The predicted molar refractivity (Wildman–Crippen MR) is 68.0 cm³/mol. The minimum absolute atomic E-state index is 0.00530. The second-order valence-electron chi connectivity index (χ2n) is 4.21. The molecule has 1 aromatic rings. The van der Waals surface area contributed by atoms with Crippen LogP contribution in [0, 0.1) is 0 Å². The quantitative estimate of drug-likeness (QED) is 0.720. The molecule has 20 heavy (non-hydrogen) atoms. The molecular weight excluding hydrogens is 275 g/mol. The molecule has 0 aliphatic rings. The number of benzene rings is 1. The molecule has 0 bridgehead atoms. The van der Waals surface area contributed by atoms with Gasteiger partial charge in [0.1, 0.15) is 24.2 Å². The monoisotopic (exact) mass is 293 g/mol. The van der Waals surface area contributed by atoms with E-state index in [2.05, 4.69) is 5.32 Å². The number of hydrogen-bond acceptors (Lipinski definition) is 4. The van der Waals surface area contributed by atoms with Crippen molar-refractivity contribution in [1.29, 1.82) is 0 Å². The third kappa shape index (κ3) is 7.20. The van der Waals surface area contributed by atoms with Gasteiger partial charge in [0.05, 0.1) is 13.5 Å². The maximum atomic E-state index is 11.9. The largest absolute Gasteiger partial charge is 0.497 e. The van der Waals surface area contributed by atoms with Gasteiger partial charge in [-0.05, 0) is 24.3 Å². The van der Waals surface area contributed by atoms with Gasteiger partial charge < -0.3 is 19.9 Å². The molecule has 0 aliphatic heterocycles. The summed E-state index contributed by atoms with van der Waals surface area (Å²) in [6.45, 7) is -0.166. The van der Waals surface area contributed by atoms with Crippen molar-refractivity contribution in [3.63, 3.8) is 0 Å². The van der Waals surface area contributed by atoms with E-state index in [1.165, 1.54) is 0 Å². The van der Waals surface area contributed by atoms with Crippen molar-refractivity contribution in [2.45, 2.75) is 18.7 Å². The molecule has 2 N–H and O–H groups in total. The SMILES string of the molecule is COc1ccc(OCC(O)CNCCC(F)(F)F)cc1. The van der Waals surface area contributed by atoms with E-state index in [-0.39, 0.29) is 19.7 Å². The average Bonchev–Trinajstić information content (AvgIpc) is 2.41. The number of alkyl halides is 3. The van der Waals surface area contributed by atoms with Gasteiger partial charge in [-0.3, -0.25) is 0 Å². The minimum Gasteiger partial charge on any atom is -0.497 e. The number of hydrogen-bond donors (Lipinski definition) is 2. The molecule has 0 saturated carbocycles. The van der Waals surface area contributed by atoms with Crippen LogP contribution in [0.2, 0.25) is 0 Å². The Morgan fingerprint density at radius 3 is 2.35 bits per heavy atom. The lowest BCUT2D eigenvalue weighted by atomic mass is 10.3. The molecule has 0 heterocycles. The molecule has 1 rings (SSSR count). The lowest BCUT2D eigenvalue weighted by Gasteiger charge is -2.14. The standard InChI is InChI=1S/C13H18F3NO3/c1-19-11-2-4-12(5-3-11)20-9-10(18)8-17-7-6-13(14,15)16/h2-5,10,17-18H,6-9H2,1H3. The summed E-state index contributed by atoms with van der Waals surface area (Å²) in [6.07, 6.45) is -5.97. The van der Waals surface area contributed by atoms with Gasteiger partial charge in [0.2, 0.25) is 0 Å². The van der Waals surface area contributed by atoms with E-state index in [9.17, 15) is 18.3 Å². The van der Waals surface area contributed by atoms with Crippen LogP contribution >= 0.6 is 0 Å². The summed E-state index contributed by atoms with van der Waals surface area (Å²) in [5, 5.41) is 12.1.